The van der Waals surface area contributed by atoms with Crippen LogP contribution in [0.5, 0.6) is 5.75 Å². The number of thioether (sulfide) groups is 1. The maximum absolute atomic E-state index is 12.0. The van der Waals surface area contributed by atoms with Crippen LogP contribution in [0, 0.1) is 0 Å². The van der Waals surface area contributed by atoms with Crippen molar-refractivity contribution in [1.82, 2.24) is 20.1 Å². The van der Waals surface area contributed by atoms with Crippen LogP contribution in [0.15, 0.2) is 35.7 Å². The van der Waals surface area contributed by atoms with E-state index in [4.69, 9.17) is 4.74 Å². The lowest BCUT2D eigenvalue weighted by atomic mass is 10.2. The van der Waals surface area contributed by atoms with E-state index in [0.717, 1.165) is 16.5 Å². The number of aromatic nitrogens is 3. The Balaban J connectivity index is 1.49. The predicted molar refractivity (Wildman–Crippen MR) is 83.9 cm³/mol. The molecule has 1 heterocycles. The molecule has 0 unspecified atom stereocenters. The highest BCUT2D eigenvalue weighted by molar-refractivity contribution is 7.99. The summed E-state index contributed by atoms with van der Waals surface area (Å²) in [6, 6.07) is 8.18. The van der Waals surface area contributed by atoms with Crippen LogP contribution in [0.2, 0.25) is 0 Å². The van der Waals surface area contributed by atoms with Crippen LogP contribution >= 0.6 is 11.8 Å². The number of nitrogens with zero attached hydrogens (tertiary/aromatic N) is 3. The maximum Gasteiger partial charge on any atom is 0.230 e. The molecule has 0 aliphatic heterocycles. The highest BCUT2D eigenvalue weighted by atomic mass is 32.2. The molecule has 1 aliphatic rings. The molecule has 1 fully saturated rings. The van der Waals surface area contributed by atoms with E-state index in [1.807, 2.05) is 24.3 Å². The molecule has 1 amide bonds. The van der Waals surface area contributed by atoms with Gasteiger partial charge in [0.25, 0.3) is 0 Å². The number of methoxy groups -OCH3 is 1. The lowest BCUT2D eigenvalue weighted by Gasteiger charge is -2.09. The Labute approximate surface area is 133 Å². The SMILES string of the molecule is COc1ccccc1CNC(=O)CSc1nncn1C1CC1. The molecule has 2 aromatic rings. The summed E-state index contributed by atoms with van der Waals surface area (Å²) in [5, 5.41) is 11.7. The zero-order valence-corrected chi connectivity index (χ0v) is 13.2. The Bertz CT molecular complexity index is 654. The van der Waals surface area contributed by atoms with Gasteiger partial charge in [-0.3, -0.25) is 4.79 Å². The quantitative estimate of drug-likeness (QED) is 0.791. The molecule has 1 aromatic heterocycles. The molecule has 1 aliphatic carbocycles. The molecule has 7 heteroatoms. The monoisotopic (exact) mass is 318 g/mol. The van der Waals surface area contributed by atoms with Gasteiger partial charge in [-0.2, -0.15) is 0 Å². The smallest absolute Gasteiger partial charge is 0.230 e. The number of nitrogens with one attached hydrogen (secondary N) is 1. The van der Waals surface area contributed by atoms with Crippen molar-refractivity contribution in [2.75, 3.05) is 12.9 Å². The van der Waals surface area contributed by atoms with Gasteiger partial charge < -0.3 is 14.6 Å². The van der Waals surface area contributed by atoms with E-state index in [1.54, 1.807) is 13.4 Å². The summed E-state index contributed by atoms with van der Waals surface area (Å²) in [4.78, 5) is 12.0. The van der Waals surface area contributed by atoms with Crippen molar-refractivity contribution >= 4 is 17.7 Å². The highest BCUT2D eigenvalue weighted by Gasteiger charge is 2.26. The first-order chi connectivity index (χ1) is 10.8. The van der Waals surface area contributed by atoms with Crippen LogP contribution in [-0.2, 0) is 11.3 Å². The fourth-order valence-corrected chi connectivity index (χ4v) is 2.97. The Hall–Kier alpha value is -2.02. The zero-order valence-electron chi connectivity index (χ0n) is 12.4. The van der Waals surface area contributed by atoms with Gasteiger partial charge in [0.2, 0.25) is 5.91 Å². The Morgan fingerprint density at radius 3 is 3.05 bits per heavy atom. The lowest BCUT2D eigenvalue weighted by molar-refractivity contribution is -0.118. The third kappa shape index (κ3) is 3.59. The summed E-state index contributed by atoms with van der Waals surface area (Å²) in [6.45, 7) is 0.457. The molecule has 0 bridgehead atoms. The molecule has 116 valence electrons. The van der Waals surface area contributed by atoms with Crippen LogP contribution in [0.25, 0.3) is 0 Å². The van der Waals surface area contributed by atoms with Gasteiger partial charge in [0, 0.05) is 18.2 Å². The van der Waals surface area contributed by atoms with Crippen molar-refractivity contribution < 1.29 is 9.53 Å². The van der Waals surface area contributed by atoms with Gasteiger partial charge in [-0.15, -0.1) is 10.2 Å². The van der Waals surface area contributed by atoms with Crippen molar-refractivity contribution in [3.63, 3.8) is 0 Å². The van der Waals surface area contributed by atoms with Crippen molar-refractivity contribution in [2.45, 2.75) is 30.6 Å². The predicted octanol–water partition coefficient (Wildman–Crippen LogP) is 2.03. The zero-order chi connectivity index (χ0) is 15.4. The van der Waals surface area contributed by atoms with Gasteiger partial charge >= 0.3 is 0 Å². The molecule has 1 aromatic carbocycles. The van der Waals surface area contributed by atoms with Crippen molar-refractivity contribution in [3.05, 3.63) is 36.2 Å². The van der Waals surface area contributed by atoms with E-state index in [9.17, 15) is 4.79 Å². The Morgan fingerprint density at radius 2 is 2.27 bits per heavy atom. The molecule has 0 radical (unpaired) electrons. The van der Waals surface area contributed by atoms with Gasteiger partial charge in [-0.1, -0.05) is 30.0 Å². The minimum absolute atomic E-state index is 0.0266. The number of amides is 1. The number of carbonyl (C=O) groups excluding carboxylic acids is 1. The Kier molecular flexibility index (Phi) is 4.62. The molecule has 22 heavy (non-hydrogen) atoms. The summed E-state index contributed by atoms with van der Waals surface area (Å²) in [7, 11) is 1.63. The molecule has 6 nitrogen and oxygen atoms in total. The fraction of sp³-hybridized carbons (Fsp3) is 0.400. The van der Waals surface area contributed by atoms with Crippen molar-refractivity contribution in [1.29, 1.82) is 0 Å². The Morgan fingerprint density at radius 1 is 1.45 bits per heavy atom. The number of carbonyl (C=O) groups is 1. The molecular weight excluding hydrogens is 300 g/mol. The van der Waals surface area contributed by atoms with E-state index < -0.39 is 0 Å². The second kappa shape index (κ2) is 6.83. The van der Waals surface area contributed by atoms with Gasteiger partial charge in [-0.05, 0) is 18.9 Å². The third-order valence-electron chi connectivity index (χ3n) is 3.48. The van der Waals surface area contributed by atoms with Crippen LogP contribution in [-0.4, -0.2) is 33.5 Å². The standard InChI is InChI=1S/C15H18N4O2S/c1-21-13-5-3-2-4-11(13)8-16-14(20)9-22-15-18-17-10-19(15)12-6-7-12/h2-5,10,12H,6-9H2,1H3,(H,16,20). The normalized spacial score (nSPS) is 13.9. The first kappa shape index (κ1) is 14.9. The number of ether oxygens (including phenoxy) is 1. The lowest BCUT2D eigenvalue weighted by Crippen LogP contribution is -2.25. The summed E-state index contributed by atoms with van der Waals surface area (Å²) in [5.41, 5.74) is 0.962. The number of hydrogen-bond donors (Lipinski definition) is 1. The average Bonchev–Trinajstić information content (AvgIpc) is 3.29. The molecule has 1 N–H and O–H groups in total. The molecule has 3 rings (SSSR count). The fourth-order valence-electron chi connectivity index (χ4n) is 2.16. The number of hydrogen-bond acceptors (Lipinski definition) is 5. The third-order valence-corrected chi connectivity index (χ3v) is 4.44. The van der Waals surface area contributed by atoms with Gasteiger partial charge in [-0.25, -0.2) is 0 Å². The number of para-hydroxylation sites is 1. The maximum atomic E-state index is 12.0. The topological polar surface area (TPSA) is 69.0 Å². The van der Waals surface area contributed by atoms with E-state index in [1.165, 1.54) is 24.6 Å². The molecule has 0 atom stereocenters. The molecule has 0 saturated heterocycles. The minimum Gasteiger partial charge on any atom is -0.496 e. The first-order valence-corrected chi connectivity index (χ1v) is 8.17. The van der Waals surface area contributed by atoms with Crippen LogP contribution in [0.1, 0.15) is 24.4 Å². The van der Waals surface area contributed by atoms with E-state index >= 15 is 0 Å². The molecule has 1 saturated carbocycles. The minimum atomic E-state index is -0.0266. The summed E-state index contributed by atoms with van der Waals surface area (Å²) < 4.78 is 7.32. The van der Waals surface area contributed by atoms with Crippen LogP contribution in [0.4, 0.5) is 0 Å². The average molecular weight is 318 g/mol. The van der Waals surface area contributed by atoms with Crippen molar-refractivity contribution in [3.8, 4) is 5.75 Å². The largest absolute Gasteiger partial charge is 0.496 e. The van der Waals surface area contributed by atoms with Gasteiger partial charge in [0.1, 0.15) is 12.1 Å². The van der Waals surface area contributed by atoms with E-state index in [0.29, 0.717) is 18.3 Å². The first-order valence-electron chi connectivity index (χ1n) is 7.19. The van der Waals surface area contributed by atoms with Crippen molar-refractivity contribution in [2.24, 2.45) is 0 Å². The highest BCUT2D eigenvalue weighted by Crippen LogP contribution is 2.37. The van der Waals surface area contributed by atoms with Gasteiger partial charge in [0.05, 0.1) is 12.9 Å². The summed E-state index contributed by atoms with van der Waals surface area (Å²) in [6.07, 6.45) is 4.09. The number of benzene rings is 1. The molecular formula is C15H18N4O2S. The number of rotatable bonds is 7. The summed E-state index contributed by atoms with van der Waals surface area (Å²) >= 11 is 1.42. The van der Waals surface area contributed by atoms with Crippen LogP contribution in [0.3, 0.4) is 0 Å². The molecule has 0 spiro atoms. The summed E-state index contributed by atoms with van der Waals surface area (Å²) in [5.74, 6) is 1.09. The van der Waals surface area contributed by atoms with Crippen LogP contribution < -0.4 is 10.1 Å². The second-order valence-electron chi connectivity index (χ2n) is 5.13. The van der Waals surface area contributed by atoms with Gasteiger partial charge in [0.15, 0.2) is 5.16 Å². The van der Waals surface area contributed by atoms with E-state index in [-0.39, 0.29) is 5.91 Å². The van der Waals surface area contributed by atoms with E-state index in [2.05, 4.69) is 20.1 Å². The second-order valence-corrected chi connectivity index (χ2v) is 6.07.